The minimum atomic E-state index is -0.769. The molecule has 0 spiro atoms. The number of amides is 1. The van der Waals surface area contributed by atoms with Crippen LogP contribution in [-0.2, 0) is 0 Å². The molecule has 0 aliphatic heterocycles. The van der Waals surface area contributed by atoms with Crippen LogP contribution in [0.4, 0.5) is 4.39 Å². The van der Waals surface area contributed by atoms with Crippen LogP contribution < -0.4 is 5.32 Å². The molecule has 16 heavy (non-hydrogen) atoms. The second kappa shape index (κ2) is 5.47. The van der Waals surface area contributed by atoms with E-state index < -0.39 is 17.8 Å². The Bertz CT molecular complexity index is 442. The van der Waals surface area contributed by atoms with Crippen molar-refractivity contribution >= 4 is 17.5 Å². The number of halogens is 2. The van der Waals surface area contributed by atoms with E-state index in [1.165, 1.54) is 18.2 Å². The first-order valence-corrected chi connectivity index (χ1v) is 5.12. The van der Waals surface area contributed by atoms with E-state index in [1.807, 2.05) is 6.07 Å². The number of nitrogens with zero attached hydrogens (tertiary/aromatic N) is 1. The van der Waals surface area contributed by atoms with Crippen molar-refractivity contribution < 1.29 is 9.18 Å². The molecule has 5 heteroatoms. The van der Waals surface area contributed by atoms with E-state index >= 15 is 0 Å². The standard InChI is InChI=1S/C11H10ClFN2O/c1-2-7(6-14)15-11(16)8-4-3-5-9(12)10(8)13/h3-5,7H,2H2,1H3,(H,15,16). The maximum absolute atomic E-state index is 13.4. The first-order chi connectivity index (χ1) is 7.60. The van der Waals surface area contributed by atoms with Crippen LogP contribution in [-0.4, -0.2) is 11.9 Å². The van der Waals surface area contributed by atoms with Crippen molar-refractivity contribution in [3.05, 3.63) is 34.6 Å². The quantitative estimate of drug-likeness (QED) is 0.883. The van der Waals surface area contributed by atoms with Gasteiger partial charge in [-0.2, -0.15) is 5.26 Å². The molecule has 0 aliphatic rings. The number of hydrogen-bond acceptors (Lipinski definition) is 2. The third kappa shape index (κ3) is 2.71. The summed E-state index contributed by atoms with van der Waals surface area (Å²) in [4.78, 5) is 11.6. The van der Waals surface area contributed by atoms with Gasteiger partial charge in [0.05, 0.1) is 16.7 Å². The summed E-state index contributed by atoms with van der Waals surface area (Å²) in [6.07, 6.45) is 0.463. The fraction of sp³-hybridized carbons (Fsp3) is 0.273. The second-order valence-electron chi connectivity index (χ2n) is 3.16. The summed E-state index contributed by atoms with van der Waals surface area (Å²) in [5, 5.41) is 10.9. The molecule has 0 aliphatic carbocycles. The van der Waals surface area contributed by atoms with Gasteiger partial charge in [0.25, 0.3) is 5.91 Å². The number of benzene rings is 1. The molecule has 1 aromatic carbocycles. The Hall–Kier alpha value is -1.60. The summed E-state index contributed by atoms with van der Waals surface area (Å²) in [7, 11) is 0. The van der Waals surface area contributed by atoms with E-state index in [0.717, 1.165) is 0 Å². The van der Waals surface area contributed by atoms with Gasteiger partial charge in [-0.1, -0.05) is 24.6 Å². The van der Waals surface area contributed by atoms with Gasteiger partial charge in [0.15, 0.2) is 5.82 Å². The van der Waals surface area contributed by atoms with Crippen LogP contribution in [0.25, 0.3) is 0 Å². The lowest BCUT2D eigenvalue weighted by atomic mass is 10.1. The second-order valence-corrected chi connectivity index (χ2v) is 3.57. The Labute approximate surface area is 97.8 Å². The lowest BCUT2D eigenvalue weighted by Gasteiger charge is -2.09. The van der Waals surface area contributed by atoms with E-state index in [0.29, 0.717) is 6.42 Å². The van der Waals surface area contributed by atoms with E-state index in [2.05, 4.69) is 5.32 Å². The zero-order chi connectivity index (χ0) is 12.1. The fourth-order valence-corrected chi connectivity index (χ4v) is 1.32. The van der Waals surface area contributed by atoms with Crippen molar-refractivity contribution in [3.8, 4) is 6.07 Å². The number of hydrogen-bond donors (Lipinski definition) is 1. The van der Waals surface area contributed by atoms with Crippen LogP contribution in [0.2, 0.25) is 5.02 Å². The van der Waals surface area contributed by atoms with Gasteiger partial charge in [-0.3, -0.25) is 4.79 Å². The predicted octanol–water partition coefficient (Wildman–Crippen LogP) is 2.51. The molecule has 1 atom stereocenters. The Morgan fingerprint density at radius 2 is 2.38 bits per heavy atom. The Balaban J connectivity index is 2.90. The first kappa shape index (κ1) is 12.5. The molecule has 1 aromatic rings. The third-order valence-electron chi connectivity index (χ3n) is 2.07. The van der Waals surface area contributed by atoms with Gasteiger partial charge in [0, 0.05) is 0 Å². The fourth-order valence-electron chi connectivity index (χ4n) is 1.14. The molecule has 1 N–H and O–H groups in total. The highest BCUT2D eigenvalue weighted by Gasteiger charge is 2.16. The van der Waals surface area contributed by atoms with Crippen molar-refractivity contribution in [2.24, 2.45) is 0 Å². The molecule has 3 nitrogen and oxygen atoms in total. The smallest absolute Gasteiger partial charge is 0.255 e. The number of nitrogens with one attached hydrogen (secondary N) is 1. The van der Waals surface area contributed by atoms with Crippen molar-refractivity contribution in [2.75, 3.05) is 0 Å². The van der Waals surface area contributed by atoms with E-state index in [9.17, 15) is 9.18 Å². The zero-order valence-electron chi connectivity index (χ0n) is 8.63. The molecule has 1 amide bonds. The van der Waals surface area contributed by atoms with Crippen LogP contribution in [0, 0.1) is 17.1 Å². The molecular formula is C11H10ClFN2O. The summed E-state index contributed by atoms with van der Waals surface area (Å²) in [6.45, 7) is 1.75. The van der Waals surface area contributed by atoms with Crippen molar-refractivity contribution in [3.63, 3.8) is 0 Å². The van der Waals surface area contributed by atoms with Crippen molar-refractivity contribution in [1.82, 2.24) is 5.32 Å². The molecule has 0 aromatic heterocycles. The van der Waals surface area contributed by atoms with Gasteiger partial charge in [0.1, 0.15) is 6.04 Å². The number of rotatable bonds is 3. The van der Waals surface area contributed by atoms with E-state index in [4.69, 9.17) is 16.9 Å². The lowest BCUT2D eigenvalue weighted by molar-refractivity contribution is 0.0940. The van der Waals surface area contributed by atoms with Crippen LogP contribution in [0.1, 0.15) is 23.7 Å². The third-order valence-corrected chi connectivity index (χ3v) is 2.36. The Morgan fingerprint density at radius 3 is 2.94 bits per heavy atom. The summed E-state index contributed by atoms with van der Waals surface area (Å²) in [5.41, 5.74) is -0.152. The number of carbonyl (C=O) groups is 1. The van der Waals surface area contributed by atoms with Gasteiger partial charge in [0.2, 0.25) is 0 Å². The Morgan fingerprint density at radius 1 is 1.69 bits per heavy atom. The average Bonchev–Trinajstić information content (AvgIpc) is 2.29. The average molecular weight is 241 g/mol. The molecule has 0 radical (unpaired) electrons. The molecule has 0 heterocycles. The van der Waals surface area contributed by atoms with Crippen molar-refractivity contribution in [2.45, 2.75) is 19.4 Å². The molecular weight excluding hydrogens is 231 g/mol. The largest absolute Gasteiger partial charge is 0.336 e. The molecule has 0 saturated carbocycles. The van der Waals surface area contributed by atoms with E-state index in [-0.39, 0.29) is 10.6 Å². The molecule has 0 fully saturated rings. The minimum absolute atomic E-state index is 0.113. The normalized spacial score (nSPS) is 11.6. The molecule has 1 rings (SSSR count). The monoisotopic (exact) mass is 240 g/mol. The Kier molecular flexibility index (Phi) is 4.27. The minimum Gasteiger partial charge on any atom is -0.336 e. The summed E-state index contributed by atoms with van der Waals surface area (Å²) in [6, 6.07) is 5.44. The van der Waals surface area contributed by atoms with Gasteiger partial charge in [-0.25, -0.2) is 4.39 Å². The summed E-state index contributed by atoms with van der Waals surface area (Å²) in [5.74, 6) is -1.40. The number of carbonyl (C=O) groups excluding carboxylic acids is 1. The van der Waals surface area contributed by atoms with Gasteiger partial charge in [-0.15, -0.1) is 0 Å². The zero-order valence-corrected chi connectivity index (χ0v) is 9.38. The highest BCUT2D eigenvalue weighted by Crippen LogP contribution is 2.17. The molecule has 0 saturated heterocycles. The van der Waals surface area contributed by atoms with Crippen LogP contribution in [0.5, 0.6) is 0 Å². The van der Waals surface area contributed by atoms with Crippen LogP contribution >= 0.6 is 11.6 Å². The van der Waals surface area contributed by atoms with Crippen molar-refractivity contribution in [1.29, 1.82) is 5.26 Å². The van der Waals surface area contributed by atoms with Crippen LogP contribution in [0.15, 0.2) is 18.2 Å². The van der Waals surface area contributed by atoms with Crippen LogP contribution in [0.3, 0.4) is 0 Å². The highest BCUT2D eigenvalue weighted by atomic mass is 35.5. The first-order valence-electron chi connectivity index (χ1n) is 4.74. The van der Waals surface area contributed by atoms with Gasteiger partial charge < -0.3 is 5.32 Å². The summed E-state index contributed by atoms with van der Waals surface area (Å²) >= 11 is 5.54. The summed E-state index contributed by atoms with van der Waals surface area (Å²) < 4.78 is 13.4. The molecule has 84 valence electrons. The molecule has 1 unspecified atom stereocenters. The highest BCUT2D eigenvalue weighted by molar-refractivity contribution is 6.31. The SMILES string of the molecule is CCC(C#N)NC(=O)c1cccc(Cl)c1F. The van der Waals surface area contributed by atoms with Gasteiger partial charge in [-0.05, 0) is 18.6 Å². The lowest BCUT2D eigenvalue weighted by Crippen LogP contribution is -2.33. The molecule has 0 bridgehead atoms. The number of nitriles is 1. The van der Waals surface area contributed by atoms with E-state index in [1.54, 1.807) is 6.92 Å². The maximum atomic E-state index is 13.4. The maximum Gasteiger partial charge on any atom is 0.255 e. The predicted molar refractivity (Wildman–Crippen MR) is 58.6 cm³/mol. The topological polar surface area (TPSA) is 52.9 Å². The van der Waals surface area contributed by atoms with Gasteiger partial charge >= 0.3 is 0 Å².